The summed E-state index contributed by atoms with van der Waals surface area (Å²) in [4.78, 5) is 2.64. The summed E-state index contributed by atoms with van der Waals surface area (Å²) < 4.78 is 6.26. The molecule has 2 heteroatoms. The molecule has 0 saturated carbocycles. The second-order valence-electron chi connectivity index (χ2n) is 8.80. The van der Waals surface area contributed by atoms with Crippen molar-refractivity contribution < 1.29 is 4.74 Å². The average molecular weight is 368 g/mol. The summed E-state index contributed by atoms with van der Waals surface area (Å²) in [6.07, 6.45) is 0.957. The topological polar surface area (TPSA) is 12.5 Å². The lowest BCUT2D eigenvalue weighted by Gasteiger charge is -2.42. The summed E-state index contributed by atoms with van der Waals surface area (Å²) in [6, 6.07) is 16.6. The molecule has 2 rings (SSSR count). The van der Waals surface area contributed by atoms with Crippen molar-refractivity contribution in [2.45, 2.75) is 60.4 Å². The van der Waals surface area contributed by atoms with E-state index in [0.717, 1.165) is 31.0 Å². The highest BCUT2D eigenvalue weighted by Crippen LogP contribution is 2.37. The van der Waals surface area contributed by atoms with Gasteiger partial charge in [-0.2, -0.15) is 0 Å². The fourth-order valence-corrected chi connectivity index (χ4v) is 3.80. The first kappa shape index (κ1) is 21.5. The normalized spacial score (nSPS) is 12.2. The minimum atomic E-state index is -0.0457. The Bertz CT molecular complexity index is 694. The van der Waals surface area contributed by atoms with Crippen LogP contribution in [0.25, 0.3) is 0 Å². The molecule has 0 unspecified atom stereocenters. The van der Waals surface area contributed by atoms with Crippen LogP contribution in [-0.2, 0) is 12.0 Å². The zero-order valence-electron chi connectivity index (χ0n) is 18.3. The highest BCUT2D eigenvalue weighted by atomic mass is 16.5. The van der Waals surface area contributed by atoms with E-state index in [9.17, 15) is 0 Å². The fourth-order valence-electron chi connectivity index (χ4n) is 3.80. The summed E-state index contributed by atoms with van der Waals surface area (Å²) in [5, 5.41) is 0. The molecule has 2 aromatic carbocycles. The van der Waals surface area contributed by atoms with Crippen LogP contribution < -0.4 is 4.74 Å². The van der Waals surface area contributed by atoms with Crippen LogP contribution in [-0.4, -0.2) is 18.0 Å². The Labute approximate surface area is 166 Å². The van der Waals surface area contributed by atoms with Gasteiger partial charge in [0, 0.05) is 18.6 Å². The molecule has 148 valence electrons. The van der Waals surface area contributed by atoms with E-state index in [-0.39, 0.29) is 5.54 Å². The molecule has 0 amide bonds. The predicted molar refractivity (Wildman–Crippen MR) is 117 cm³/mol. The van der Waals surface area contributed by atoms with E-state index < -0.39 is 0 Å². The lowest BCUT2D eigenvalue weighted by molar-refractivity contribution is 0.0879. The van der Waals surface area contributed by atoms with E-state index in [2.05, 4.69) is 71.6 Å². The molecule has 0 radical (unpaired) electrons. The molecule has 0 aliphatic carbocycles. The first-order valence-corrected chi connectivity index (χ1v) is 10.4. The van der Waals surface area contributed by atoms with Crippen molar-refractivity contribution in [3.8, 4) is 11.5 Å². The van der Waals surface area contributed by atoms with Crippen LogP contribution in [0.15, 0.2) is 48.5 Å². The maximum absolute atomic E-state index is 6.26. The van der Waals surface area contributed by atoms with Gasteiger partial charge in [0.15, 0.2) is 0 Å². The molecule has 27 heavy (non-hydrogen) atoms. The molecule has 0 saturated heterocycles. The third-order valence-corrected chi connectivity index (χ3v) is 5.08. The van der Waals surface area contributed by atoms with Crippen molar-refractivity contribution in [1.82, 2.24) is 4.90 Å². The molecule has 0 N–H and O–H groups in total. The Morgan fingerprint density at radius 1 is 0.852 bits per heavy atom. The molecule has 2 aromatic rings. The minimum absolute atomic E-state index is 0.0457. The Kier molecular flexibility index (Phi) is 7.49. The zero-order valence-corrected chi connectivity index (χ0v) is 18.3. The lowest BCUT2D eigenvalue weighted by atomic mass is 9.85. The number of para-hydroxylation sites is 1. The second kappa shape index (κ2) is 9.41. The van der Waals surface area contributed by atoms with Crippen LogP contribution in [0, 0.1) is 11.8 Å². The number of rotatable bonds is 9. The van der Waals surface area contributed by atoms with Crippen LogP contribution in [0.2, 0.25) is 0 Å². The minimum Gasteiger partial charge on any atom is -0.457 e. The highest BCUT2D eigenvalue weighted by molar-refractivity contribution is 5.45. The molecule has 0 fully saturated rings. The summed E-state index contributed by atoms with van der Waals surface area (Å²) in [7, 11) is 0. The molecular formula is C25H37NO. The third-order valence-electron chi connectivity index (χ3n) is 5.08. The van der Waals surface area contributed by atoms with Gasteiger partial charge in [0.1, 0.15) is 11.5 Å². The Hall–Kier alpha value is -1.80. The average Bonchev–Trinajstić information content (AvgIpc) is 2.61. The molecular weight excluding hydrogens is 330 g/mol. The van der Waals surface area contributed by atoms with Gasteiger partial charge >= 0.3 is 0 Å². The van der Waals surface area contributed by atoms with Gasteiger partial charge in [-0.3, -0.25) is 4.90 Å². The van der Waals surface area contributed by atoms with Crippen LogP contribution >= 0.6 is 0 Å². The molecule has 0 aliphatic rings. The highest BCUT2D eigenvalue weighted by Gasteiger charge is 2.32. The molecule has 0 heterocycles. The molecule has 0 bridgehead atoms. The SMILES string of the molecule is CCc1c(Oc2ccccc2)cccc1C(C)(C)N(CC(C)C)CC(C)C. The fraction of sp³-hybridized carbons (Fsp3) is 0.520. The standard InChI is InChI=1S/C25H37NO/c1-8-22-23(25(6,7)26(17-19(2)3)18-20(4)5)15-12-16-24(22)27-21-13-10-9-11-14-21/h9-16,19-20H,8,17-18H2,1-7H3. The van der Waals surface area contributed by atoms with Gasteiger partial charge in [-0.15, -0.1) is 0 Å². The van der Waals surface area contributed by atoms with Crippen LogP contribution in [0.3, 0.4) is 0 Å². The zero-order chi connectivity index (χ0) is 20.0. The van der Waals surface area contributed by atoms with Crippen molar-refractivity contribution in [2.75, 3.05) is 13.1 Å². The van der Waals surface area contributed by atoms with Gasteiger partial charge in [-0.1, -0.05) is 65.0 Å². The molecule has 2 nitrogen and oxygen atoms in total. The number of hydrogen-bond donors (Lipinski definition) is 0. The monoisotopic (exact) mass is 367 g/mol. The first-order chi connectivity index (χ1) is 12.8. The Balaban J connectivity index is 2.43. The van der Waals surface area contributed by atoms with Gasteiger partial charge in [0.25, 0.3) is 0 Å². The third kappa shape index (κ3) is 5.59. The van der Waals surface area contributed by atoms with Crippen molar-refractivity contribution in [3.63, 3.8) is 0 Å². The first-order valence-electron chi connectivity index (χ1n) is 10.4. The Morgan fingerprint density at radius 3 is 1.96 bits per heavy atom. The number of hydrogen-bond acceptors (Lipinski definition) is 2. The van der Waals surface area contributed by atoms with E-state index in [0.29, 0.717) is 11.8 Å². The summed E-state index contributed by atoms with van der Waals surface area (Å²) >= 11 is 0. The van der Waals surface area contributed by atoms with Gasteiger partial charge in [-0.05, 0) is 61.4 Å². The van der Waals surface area contributed by atoms with Gasteiger partial charge in [0.05, 0.1) is 0 Å². The van der Waals surface area contributed by atoms with Crippen molar-refractivity contribution >= 4 is 0 Å². The largest absolute Gasteiger partial charge is 0.457 e. The van der Waals surface area contributed by atoms with Crippen molar-refractivity contribution in [3.05, 3.63) is 59.7 Å². The second-order valence-corrected chi connectivity index (χ2v) is 8.80. The number of benzene rings is 2. The molecule has 0 aliphatic heterocycles. The molecule has 0 aromatic heterocycles. The Morgan fingerprint density at radius 2 is 1.44 bits per heavy atom. The summed E-state index contributed by atoms with van der Waals surface area (Å²) in [5.41, 5.74) is 2.64. The van der Waals surface area contributed by atoms with E-state index in [1.165, 1.54) is 11.1 Å². The number of ether oxygens (including phenoxy) is 1. The van der Waals surface area contributed by atoms with E-state index in [1.54, 1.807) is 0 Å². The van der Waals surface area contributed by atoms with E-state index in [1.807, 2.05) is 30.3 Å². The van der Waals surface area contributed by atoms with Gasteiger partial charge in [-0.25, -0.2) is 0 Å². The van der Waals surface area contributed by atoms with Crippen molar-refractivity contribution in [1.29, 1.82) is 0 Å². The molecule has 0 atom stereocenters. The lowest BCUT2D eigenvalue weighted by Crippen LogP contribution is -2.46. The van der Waals surface area contributed by atoms with E-state index >= 15 is 0 Å². The summed E-state index contributed by atoms with van der Waals surface area (Å²) in [6.45, 7) is 18.4. The van der Waals surface area contributed by atoms with Crippen molar-refractivity contribution in [2.24, 2.45) is 11.8 Å². The quantitative estimate of drug-likeness (QED) is 0.478. The smallest absolute Gasteiger partial charge is 0.130 e. The van der Waals surface area contributed by atoms with Gasteiger partial charge < -0.3 is 4.74 Å². The summed E-state index contributed by atoms with van der Waals surface area (Å²) in [5.74, 6) is 3.14. The van der Waals surface area contributed by atoms with E-state index in [4.69, 9.17) is 4.74 Å². The van der Waals surface area contributed by atoms with Crippen LogP contribution in [0.1, 0.15) is 59.6 Å². The maximum Gasteiger partial charge on any atom is 0.130 e. The predicted octanol–water partition coefficient (Wildman–Crippen LogP) is 6.89. The number of nitrogens with zero attached hydrogens (tertiary/aromatic N) is 1. The molecule has 0 spiro atoms. The van der Waals surface area contributed by atoms with Crippen LogP contribution in [0.4, 0.5) is 0 Å². The van der Waals surface area contributed by atoms with Crippen LogP contribution in [0.5, 0.6) is 11.5 Å². The maximum atomic E-state index is 6.26. The van der Waals surface area contributed by atoms with Gasteiger partial charge in [0.2, 0.25) is 0 Å².